The molecule has 0 unspecified atom stereocenters. The number of pyridine rings is 1. The summed E-state index contributed by atoms with van der Waals surface area (Å²) >= 11 is 11.8. The van der Waals surface area contributed by atoms with E-state index in [0.29, 0.717) is 21.8 Å². The van der Waals surface area contributed by atoms with E-state index in [9.17, 15) is 0 Å². The van der Waals surface area contributed by atoms with Crippen LogP contribution in [0.3, 0.4) is 0 Å². The molecule has 94 valence electrons. The van der Waals surface area contributed by atoms with Gasteiger partial charge in [-0.3, -0.25) is 4.98 Å². The fourth-order valence-corrected chi connectivity index (χ4v) is 1.89. The molecule has 0 N–H and O–H groups in total. The third-order valence-electron chi connectivity index (χ3n) is 2.53. The van der Waals surface area contributed by atoms with Gasteiger partial charge in [-0.15, -0.1) is 0 Å². The van der Waals surface area contributed by atoms with Gasteiger partial charge in [0.25, 0.3) is 5.89 Å². The third kappa shape index (κ3) is 2.45. The van der Waals surface area contributed by atoms with Crippen molar-refractivity contribution in [3.8, 4) is 22.8 Å². The number of halogens is 2. The molecule has 0 amide bonds. The van der Waals surface area contributed by atoms with E-state index >= 15 is 0 Å². The Bertz CT molecular complexity index is 713. The van der Waals surface area contributed by atoms with Crippen LogP contribution in [0.15, 0.2) is 47.2 Å². The summed E-state index contributed by atoms with van der Waals surface area (Å²) in [7, 11) is 0. The molecule has 0 bridgehead atoms. The van der Waals surface area contributed by atoms with Gasteiger partial charge in [-0.25, -0.2) is 0 Å². The van der Waals surface area contributed by atoms with Crippen molar-refractivity contribution in [1.82, 2.24) is 15.1 Å². The highest BCUT2D eigenvalue weighted by Crippen LogP contribution is 2.28. The van der Waals surface area contributed by atoms with Crippen LogP contribution in [0.1, 0.15) is 0 Å². The average molecular weight is 292 g/mol. The zero-order chi connectivity index (χ0) is 13.2. The number of rotatable bonds is 2. The Balaban J connectivity index is 1.99. The van der Waals surface area contributed by atoms with Crippen molar-refractivity contribution in [2.45, 2.75) is 0 Å². The predicted molar refractivity (Wildman–Crippen MR) is 73.0 cm³/mol. The lowest BCUT2D eigenvalue weighted by atomic mass is 10.2. The minimum Gasteiger partial charge on any atom is -0.334 e. The smallest absolute Gasteiger partial charge is 0.258 e. The van der Waals surface area contributed by atoms with Gasteiger partial charge in [0.1, 0.15) is 0 Å². The molecule has 1 aromatic carbocycles. The molecule has 3 rings (SSSR count). The maximum atomic E-state index is 5.96. The molecule has 0 aliphatic carbocycles. The Kier molecular flexibility index (Phi) is 3.19. The van der Waals surface area contributed by atoms with E-state index in [1.807, 2.05) is 12.1 Å². The molecule has 2 aromatic heterocycles. The van der Waals surface area contributed by atoms with Crippen LogP contribution in [0.2, 0.25) is 10.0 Å². The summed E-state index contributed by atoms with van der Waals surface area (Å²) in [6.45, 7) is 0. The van der Waals surface area contributed by atoms with Gasteiger partial charge < -0.3 is 4.52 Å². The van der Waals surface area contributed by atoms with Gasteiger partial charge >= 0.3 is 0 Å². The van der Waals surface area contributed by atoms with Crippen LogP contribution >= 0.6 is 23.2 Å². The fraction of sp³-hybridized carbons (Fsp3) is 0. The monoisotopic (exact) mass is 291 g/mol. The quantitative estimate of drug-likeness (QED) is 0.713. The molecule has 0 atom stereocenters. The molecule has 3 aromatic rings. The summed E-state index contributed by atoms with van der Waals surface area (Å²) in [5.41, 5.74) is 1.56. The second kappa shape index (κ2) is 4.99. The van der Waals surface area contributed by atoms with Crippen molar-refractivity contribution in [2.75, 3.05) is 0 Å². The lowest BCUT2D eigenvalue weighted by Crippen LogP contribution is -1.82. The van der Waals surface area contributed by atoms with E-state index in [-0.39, 0.29) is 0 Å². The summed E-state index contributed by atoms with van der Waals surface area (Å²) in [6, 6.07) is 8.77. The summed E-state index contributed by atoms with van der Waals surface area (Å²) in [5, 5.41) is 4.86. The number of benzene rings is 1. The van der Waals surface area contributed by atoms with Crippen LogP contribution in [-0.4, -0.2) is 15.1 Å². The first-order valence-electron chi connectivity index (χ1n) is 5.43. The summed E-state index contributed by atoms with van der Waals surface area (Å²) < 4.78 is 5.22. The van der Waals surface area contributed by atoms with E-state index in [4.69, 9.17) is 27.7 Å². The third-order valence-corrected chi connectivity index (χ3v) is 3.27. The number of aromatic nitrogens is 3. The van der Waals surface area contributed by atoms with Gasteiger partial charge in [-0.05, 0) is 30.3 Å². The SMILES string of the molecule is Clc1ccc(-c2nc(-c3ccncc3)no2)cc1Cl. The lowest BCUT2D eigenvalue weighted by molar-refractivity contribution is 0.432. The van der Waals surface area contributed by atoms with Crippen LogP contribution in [0, 0.1) is 0 Å². The maximum absolute atomic E-state index is 5.96. The first kappa shape index (κ1) is 12.1. The molecule has 4 nitrogen and oxygen atoms in total. The van der Waals surface area contributed by atoms with E-state index in [1.165, 1.54) is 0 Å². The topological polar surface area (TPSA) is 51.8 Å². The highest BCUT2D eigenvalue weighted by molar-refractivity contribution is 6.42. The van der Waals surface area contributed by atoms with Crippen molar-refractivity contribution in [3.05, 3.63) is 52.8 Å². The zero-order valence-electron chi connectivity index (χ0n) is 9.55. The number of hydrogen-bond acceptors (Lipinski definition) is 4. The fourth-order valence-electron chi connectivity index (χ4n) is 1.59. The van der Waals surface area contributed by atoms with Crippen molar-refractivity contribution < 1.29 is 4.52 Å². The second-order valence-electron chi connectivity index (χ2n) is 3.79. The first-order chi connectivity index (χ1) is 9.24. The molecule has 0 radical (unpaired) electrons. The van der Waals surface area contributed by atoms with Crippen LogP contribution in [0.25, 0.3) is 22.8 Å². The molecule has 0 aliphatic heterocycles. The van der Waals surface area contributed by atoms with E-state index < -0.39 is 0 Å². The van der Waals surface area contributed by atoms with E-state index in [1.54, 1.807) is 30.6 Å². The Morgan fingerprint density at radius 1 is 0.895 bits per heavy atom. The summed E-state index contributed by atoms with van der Waals surface area (Å²) in [6.07, 6.45) is 3.34. The summed E-state index contributed by atoms with van der Waals surface area (Å²) in [5.74, 6) is 0.897. The van der Waals surface area contributed by atoms with Crippen molar-refractivity contribution >= 4 is 23.2 Å². The molecule has 0 saturated carbocycles. The molecule has 0 saturated heterocycles. The second-order valence-corrected chi connectivity index (χ2v) is 4.60. The minimum absolute atomic E-state index is 0.394. The molecule has 2 heterocycles. The molecular formula is C13H7Cl2N3O. The Morgan fingerprint density at radius 3 is 2.42 bits per heavy atom. The Labute approximate surface area is 119 Å². The standard InChI is InChI=1S/C13H7Cl2N3O/c14-10-2-1-9(7-11(10)15)13-17-12(18-19-13)8-3-5-16-6-4-8/h1-7H. The summed E-state index contributed by atoms with van der Waals surface area (Å²) in [4.78, 5) is 8.25. The lowest BCUT2D eigenvalue weighted by Gasteiger charge is -1.97. The van der Waals surface area contributed by atoms with Gasteiger partial charge in [-0.1, -0.05) is 28.4 Å². The van der Waals surface area contributed by atoms with Crippen LogP contribution in [0.5, 0.6) is 0 Å². The molecule has 0 aliphatic rings. The maximum Gasteiger partial charge on any atom is 0.258 e. The zero-order valence-corrected chi connectivity index (χ0v) is 11.1. The predicted octanol–water partition coefficient (Wildman–Crippen LogP) is 4.11. The largest absolute Gasteiger partial charge is 0.334 e. The number of nitrogens with zero attached hydrogens (tertiary/aromatic N) is 3. The van der Waals surface area contributed by atoms with Crippen LogP contribution in [-0.2, 0) is 0 Å². The highest BCUT2D eigenvalue weighted by atomic mass is 35.5. The van der Waals surface area contributed by atoms with Gasteiger partial charge in [0.05, 0.1) is 10.0 Å². The highest BCUT2D eigenvalue weighted by Gasteiger charge is 2.11. The normalized spacial score (nSPS) is 10.6. The average Bonchev–Trinajstić information content (AvgIpc) is 2.93. The molecule has 6 heteroatoms. The first-order valence-corrected chi connectivity index (χ1v) is 6.19. The van der Waals surface area contributed by atoms with Crippen molar-refractivity contribution in [1.29, 1.82) is 0 Å². The molecular weight excluding hydrogens is 285 g/mol. The minimum atomic E-state index is 0.394. The van der Waals surface area contributed by atoms with Crippen LogP contribution < -0.4 is 0 Å². The van der Waals surface area contributed by atoms with Gasteiger partial charge in [0, 0.05) is 23.5 Å². The number of hydrogen-bond donors (Lipinski definition) is 0. The Hall–Kier alpha value is -1.91. The Morgan fingerprint density at radius 2 is 1.68 bits per heavy atom. The van der Waals surface area contributed by atoms with E-state index in [0.717, 1.165) is 11.1 Å². The molecule has 0 fully saturated rings. The van der Waals surface area contributed by atoms with Gasteiger partial charge in [0.2, 0.25) is 5.82 Å². The van der Waals surface area contributed by atoms with Gasteiger partial charge in [0.15, 0.2) is 0 Å². The van der Waals surface area contributed by atoms with Crippen molar-refractivity contribution in [2.24, 2.45) is 0 Å². The van der Waals surface area contributed by atoms with E-state index in [2.05, 4.69) is 15.1 Å². The molecule has 0 spiro atoms. The van der Waals surface area contributed by atoms with Gasteiger partial charge in [-0.2, -0.15) is 4.98 Å². The van der Waals surface area contributed by atoms with Crippen LogP contribution in [0.4, 0.5) is 0 Å². The van der Waals surface area contributed by atoms with Crippen molar-refractivity contribution in [3.63, 3.8) is 0 Å². The molecule has 19 heavy (non-hydrogen) atoms.